The van der Waals surface area contributed by atoms with E-state index >= 15 is 0 Å². The summed E-state index contributed by atoms with van der Waals surface area (Å²) in [4.78, 5) is 23.2. The third-order valence-corrected chi connectivity index (χ3v) is 4.43. The molecular weight excluding hydrogens is 345 g/mol. The van der Waals surface area contributed by atoms with Gasteiger partial charge in [-0.3, -0.25) is 9.78 Å². The highest BCUT2D eigenvalue weighted by Gasteiger charge is 2.17. The number of rotatable bonds is 4. The van der Waals surface area contributed by atoms with E-state index in [9.17, 15) is 4.79 Å². The van der Waals surface area contributed by atoms with Gasteiger partial charge in [0.1, 0.15) is 5.69 Å². The lowest BCUT2D eigenvalue weighted by Gasteiger charge is -2.20. The maximum atomic E-state index is 12.7. The van der Waals surface area contributed by atoms with Crippen molar-refractivity contribution in [2.45, 2.75) is 13.5 Å². The van der Waals surface area contributed by atoms with Crippen LogP contribution in [0.1, 0.15) is 23.0 Å². The number of nitrogens with zero attached hydrogens (tertiary/aromatic N) is 3. The number of para-hydroxylation sites is 2. The summed E-state index contributed by atoms with van der Waals surface area (Å²) in [5, 5.41) is 0.971. The molecule has 1 amide bonds. The molecule has 0 N–H and O–H groups in total. The Balaban J connectivity index is 1.85. The Bertz CT molecular complexity index is 898. The summed E-state index contributed by atoms with van der Waals surface area (Å²) >= 11 is 12.0. The molecule has 3 rings (SSSR count). The second-order valence-electron chi connectivity index (χ2n) is 5.31. The number of halogens is 2. The normalized spacial score (nSPS) is 10.8. The zero-order chi connectivity index (χ0) is 17.1. The standard InChI is InChI=1S/C18H15Cl2N3O/c1-2-23(11-12-7-8-13(19)14(20)9-12)18(24)17-10-21-15-5-3-4-6-16(15)22-17/h3-10H,2,11H2,1H3. The molecular formula is C18H15Cl2N3O. The summed E-state index contributed by atoms with van der Waals surface area (Å²) in [6, 6.07) is 12.8. The van der Waals surface area contributed by atoms with E-state index in [0.29, 0.717) is 34.3 Å². The van der Waals surface area contributed by atoms with Crippen LogP contribution in [0, 0.1) is 0 Å². The first-order valence-electron chi connectivity index (χ1n) is 7.53. The van der Waals surface area contributed by atoms with Crippen LogP contribution in [0.2, 0.25) is 10.0 Å². The lowest BCUT2D eigenvalue weighted by Crippen LogP contribution is -2.31. The monoisotopic (exact) mass is 359 g/mol. The average molecular weight is 360 g/mol. The predicted molar refractivity (Wildman–Crippen MR) is 96.4 cm³/mol. The summed E-state index contributed by atoms with van der Waals surface area (Å²) in [6.45, 7) is 2.90. The van der Waals surface area contributed by atoms with Gasteiger partial charge in [0.05, 0.1) is 27.3 Å². The lowest BCUT2D eigenvalue weighted by molar-refractivity contribution is 0.0746. The third kappa shape index (κ3) is 3.50. The van der Waals surface area contributed by atoms with E-state index < -0.39 is 0 Å². The van der Waals surface area contributed by atoms with Crippen LogP contribution < -0.4 is 0 Å². The lowest BCUT2D eigenvalue weighted by atomic mass is 10.2. The van der Waals surface area contributed by atoms with Crippen molar-refractivity contribution in [3.63, 3.8) is 0 Å². The molecule has 0 atom stereocenters. The van der Waals surface area contributed by atoms with Crippen LogP contribution in [-0.2, 0) is 6.54 Å². The molecule has 3 aromatic rings. The van der Waals surface area contributed by atoms with Gasteiger partial charge in [0.25, 0.3) is 5.91 Å². The molecule has 24 heavy (non-hydrogen) atoms. The third-order valence-electron chi connectivity index (χ3n) is 3.69. The predicted octanol–water partition coefficient (Wildman–Crippen LogP) is 4.60. The van der Waals surface area contributed by atoms with Crippen LogP contribution in [0.4, 0.5) is 0 Å². The minimum atomic E-state index is -0.165. The first kappa shape index (κ1) is 16.7. The first-order chi connectivity index (χ1) is 11.6. The Kier molecular flexibility index (Phi) is 4.97. The highest BCUT2D eigenvalue weighted by Crippen LogP contribution is 2.23. The van der Waals surface area contributed by atoms with Gasteiger partial charge in [0.15, 0.2) is 0 Å². The molecule has 2 aromatic carbocycles. The van der Waals surface area contributed by atoms with Crippen molar-refractivity contribution in [1.82, 2.24) is 14.9 Å². The fourth-order valence-electron chi connectivity index (χ4n) is 2.41. The number of carbonyl (C=O) groups excluding carboxylic acids is 1. The van der Waals surface area contributed by atoms with Gasteiger partial charge >= 0.3 is 0 Å². The summed E-state index contributed by atoms with van der Waals surface area (Å²) in [5.41, 5.74) is 2.71. The molecule has 4 nitrogen and oxygen atoms in total. The highest BCUT2D eigenvalue weighted by atomic mass is 35.5. The van der Waals surface area contributed by atoms with Crippen molar-refractivity contribution in [3.05, 3.63) is 70.0 Å². The molecule has 0 aliphatic carbocycles. The first-order valence-corrected chi connectivity index (χ1v) is 8.29. The van der Waals surface area contributed by atoms with E-state index in [-0.39, 0.29) is 5.91 Å². The zero-order valence-corrected chi connectivity index (χ0v) is 14.6. The van der Waals surface area contributed by atoms with E-state index in [1.165, 1.54) is 6.20 Å². The van der Waals surface area contributed by atoms with Crippen LogP contribution in [-0.4, -0.2) is 27.3 Å². The van der Waals surface area contributed by atoms with Gasteiger partial charge in [-0.1, -0.05) is 41.4 Å². The smallest absolute Gasteiger partial charge is 0.274 e. The molecule has 0 spiro atoms. The van der Waals surface area contributed by atoms with Gasteiger partial charge in [-0.2, -0.15) is 0 Å². The Labute approximate surface area is 150 Å². The Morgan fingerprint density at radius 2 is 1.83 bits per heavy atom. The van der Waals surface area contributed by atoms with Crippen LogP contribution in [0.25, 0.3) is 11.0 Å². The summed E-state index contributed by atoms with van der Waals surface area (Å²) < 4.78 is 0. The SMILES string of the molecule is CCN(Cc1ccc(Cl)c(Cl)c1)C(=O)c1cnc2ccccc2n1. The Morgan fingerprint density at radius 1 is 1.08 bits per heavy atom. The fraction of sp³-hybridized carbons (Fsp3) is 0.167. The second-order valence-corrected chi connectivity index (χ2v) is 6.13. The van der Waals surface area contributed by atoms with Gasteiger partial charge in [-0.25, -0.2) is 4.98 Å². The van der Waals surface area contributed by atoms with E-state index in [0.717, 1.165) is 11.1 Å². The second kappa shape index (κ2) is 7.16. The van der Waals surface area contributed by atoms with Crippen molar-refractivity contribution in [2.75, 3.05) is 6.54 Å². The largest absolute Gasteiger partial charge is 0.333 e. The summed E-state index contributed by atoms with van der Waals surface area (Å²) in [7, 11) is 0. The molecule has 1 heterocycles. The molecule has 0 aliphatic heterocycles. The van der Waals surface area contributed by atoms with Crippen molar-refractivity contribution in [1.29, 1.82) is 0 Å². The zero-order valence-electron chi connectivity index (χ0n) is 13.0. The van der Waals surface area contributed by atoms with Crippen molar-refractivity contribution in [2.24, 2.45) is 0 Å². The number of hydrogen-bond acceptors (Lipinski definition) is 3. The van der Waals surface area contributed by atoms with Crippen molar-refractivity contribution in [3.8, 4) is 0 Å². The molecule has 0 fully saturated rings. The maximum absolute atomic E-state index is 12.7. The molecule has 0 unspecified atom stereocenters. The average Bonchev–Trinajstić information content (AvgIpc) is 2.61. The van der Waals surface area contributed by atoms with Crippen LogP contribution in [0.15, 0.2) is 48.7 Å². The Morgan fingerprint density at radius 3 is 2.54 bits per heavy atom. The quantitative estimate of drug-likeness (QED) is 0.683. The molecule has 0 aliphatic rings. The molecule has 1 aromatic heterocycles. The molecule has 0 radical (unpaired) electrons. The van der Waals surface area contributed by atoms with E-state index in [4.69, 9.17) is 23.2 Å². The van der Waals surface area contributed by atoms with E-state index in [1.807, 2.05) is 37.3 Å². The number of fused-ring (bicyclic) bond motifs is 1. The number of amides is 1. The summed E-state index contributed by atoms with van der Waals surface area (Å²) in [6.07, 6.45) is 1.52. The van der Waals surface area contributed by atoms with E-state index in [1.54, 1.807) is 17.0 Å². The molecule has 0 saturated heterocycles. The number of hydrogen-bond donors (Lipinski definition) is 0. The van der Waals surface area contributed by atoms with Gasteiger partial charge in [0.2, 0.25) is 0 Å². The van der Waals surface area contributed by atoms with Gasteiger partial charge in [-0.15, -0.1) is 0 Å². The minimum absolute atomic E-state index is 0.165. The fourth-order valence-corrected chi connectivity index (χ4v) is 2.73. The van der Waals surface area contributed by atoms with Crippen LogP contribution >= 0.6 is 23.2 Å². The topological polar surface area (TPSA) is 46.1 Å². The van der Waals surface area contributed by atoms with Crippen molar-refractivity contribution < 1.29 is 4.79 Å². The molecule has 122 valence electrons. The molecule has 0 saturated carbocycles. The molecule has 6 heteroatoms. The Hall–Kier alpha value is -2.17. The number of benzene rings is 2. The number of aromatic nitrogens is 2. The highest BCUT2D eigenvalue weighted by molar-refractivity contribution is 6.42. The number of carbonyl (C=O) groups is 1. The maximum Gasteiger partial charge on any atom is 0.274 e. The van der Waals surface area contributed by atoms with Crippen LogP contribution in [0.3, 0.4) is 0 Å². The van der Waals surface area contributed by atoms with Crippen LogP contribution in [0.5, 0.6) is 0 Å². The van der Waals surface area contributed by atoms with E-state index in [2.05, 4.69) is 9.97 Å². The summed E-state index contributed by atoms with van der Waals surface area (Å²) in [5.74, 6) is -0.165. The van der Waals surface area contributed by atoms with Gasteiger partial charge < -0.3 is 4.90 Å². The minimum Gasteiger partial charge on any atom is -0.333 e. The van der Waals surface area contributed by atoms with Crippen molar-refractivity contribution >= 4 is 40.1 Å². The molecule has 0 bridgehead atoms. The van der Waals surface area contributed by atoms with Gasteiger partial charge in [0, 0.05) is 13.1 Å². The van der Waals surface area contributed by atoms with Gasteiger partial charge in [-0.05, 0) is 36.8 Å².